The predicted molar refractivity (Wildman–Crippen MR) is 89.7 cm³/mol. The maximum atomic E-state index is 12.0. The maximum absolute atomic E-state index is 12.0. The molecule has 2 aromatic heterocycles. The molecule has 7 heteroatoms. The van der Waals surface area contributed by atoms with Crippen LogP contribution in [0.3, 0.4) is 0 Å². The first-order valence-electron chi connectivity index (χ1n) is 7.27. The molecule has 6 nitrogen and oxygen atoms in total. The summed E-state index contributed by atoms with van der Waals surface area (Å²) in [5.41, 5.74) is 6.42. The van der Waals surface area contributed by atoms with Crippen LogP contribution in [0, 0.1) is 0 Å². The van der Waals surface area contributed by atoms with Gasteiger partial charge >= 0.3 is 0 Å². The smallest absolute Gasteiger partial charge is 0.267 e. The molecular formula is C16H17BrN4O2. The molecule has 23 heavy (non-hydrogen) atoms. The van der Waals surface area contributed by atoms with Crippen LogP contribution in [0.5, 0.6) is 0 Å². The second kappa shape index (κ2) is 8.38. The van der Waals surface area contributed by atoms with Gasteiger partial charge in [-0.05, 0) is 52.5 Å². The molecule has 2 heterocycles. The van der Waals surface area contributed by atoms with Gasteiger partial charge in [0.05, 0.1) is 0 Å². The largest absolute Gasteiger partial charge is 0.288 e. The third-order valence-electron chi connectivity index (χ3n) is 3.15. The summed E-state index contributed by atoms with van der Waals surface area (Å²) in [6.07, 6.45) is 6.33. The topological polar surface area (TPSA) is 84.0 Å². The van der Waals surface area contributed by atoms with Crippen LogP contribution in [0.25, 0.3) is 0 Å². The van der Waals surface area contributed by atoms with Gasteiger partial charge in [-0.3, -0.25) is 25.4 Å². The average molecular weight is 377 g/mol. The second-order valence-corrected chi connectivity index (χ2v) is 5.74. The van der Waals surface area contributed by atoms with Gasteiger partial charge in [-0.1, -0.05) is 19.4 Å². The van der Waals surface area contributed by atoms with E-state index in [-0.39, 0.29) is 5.69 Å². The highest BCUT2D eigenvalue weighted by Gasteiger charge is 2.10. The Morgan fingerprint density at radius 3 is 2.57 bits per heavy atom. The third kappa shape index (κ3) is 5.14. The van der Waals surface area contributed by atoms with Gasteiger partial charge in [0.1, 0.15) is 10.3 Å². The van der Waals surface area contributed by atoms with Crippen molar-refractivity contribution in [1.82, 2.24) is 20.8 Å². The fourth-order valence-corrected chi connectivity index (χ4v) is 2.25. The summed E-state index contributed by atoms with van der Waals surface area (Å²) in [5, 5.41) is 0. The maximum Gasteiger partial charge on any atom is 0.288 e. The van der Waals surface area contributed by atoms with Gasteiger partial charge in [-0.2, -0.15) is 0 Å². The lowest BCUT2D eigenvalue weighted by atomic mass is 10.1. The molecule has 2 rings (SSSR count). The Labute approximate surface area is 142 Å². The van der Waals surface area contributed by atoms with Crippen molar-refractivity contribution in [2.75, 3.05) is 0 Å². The highest BCUT2D eigenvalue weighted by atomic mass is 79.9. The zero-order chi connectivity index (χ0) is 16.7. The number of unbranched alkanes of at least 4 members (excludes halogenated alkanes) is 1. The number of hydrogen-bond donors (Lipinski definition) is 2. The Hall–Kier alpha value is -2.28. The number of nitrogens with zero attached hydrogens (tertiary/aromatic N) is 2. The van der Waals surface area contributed by atoms with E-state index in [1.54, 1.807) is 24.4 Å². The van der Waals surface area contributed by atoms with Crippen LogP contribution in [0.15, 0.2) is 41.3 Å². The Balaban J connectivity index is 1.90. The number of carbonyl (C=O) groups is 2. The summed E-state index contributed by atoms with van der Waals surface area (Å²) < 4.78 is 0.542. The summed E-state index contributed by atoms with van der Waals surface area (Å²) in [6, 6.07) is 6.63. The van der Waals surface area contributed by atoms with Crippen LogP contribution in [0.2, 0.25) is 0 Å². The zero-order valence-corrected chi connectivity index (χ0v) is 14.3. The fraction of sp³-hybridized carbons (Fsp3) is 0.250. The van der Waals surface area contributed by atoms with Crippen molar-refractivity contribution in [2.24, 2.45) is 0 Å². The number of pyridine rings is 2. The van der Waals surface area contributed by atoms with Gasteiger partial charge in [0.25, 0.3) is 11.8 Å². The SMILES string of the molecule is CCCCc1ccc(C(=O)NNC(=O)c2ccnc(Br)c2)nc1. The van der Waals surface area contributed by atoms with Crippen molar-refractivity contribution in [3.05, 3.63) is 58.1 Å². The lowest BCUT2D eigenvalue weighted by Crippen LogP contribution is -2.41. The number of carbonyl (C=O) groups excluding carboxylic acids is 2. The van der Waals surface area contributed by atoms with Gasteiger partial charge in [0.15, 0.2) is 0 Å². The number of aromatic nitrogens is 2. The molecule has 2 N–H and O–H groups in total. The number of hydrogen-bond acceptors (Lipinski definition) is 4. The van der Waals surface area contributed by atoms with E-state index in [0.29, 0.717) is 10.2 Å². The highest BCUT2D eigenvalue weighted by Crippen LogP contribution is 2.08. The average Bonchev–Trinajstić information content (AvgIpc) is 2.58. The third-order valence-corrected chi connectivity index (χ3v) is 3.59. The molecule has 0 radical (unpaired) electrons. The Bertz CT molecular complexity index is 689. The van der Waals surface area contributed by atoms with E-state index in [1.165, 1.54) is 6.20 Å². The normalized spacial score (nSPS) is 10.2. The van der Waals surface area contributed by atoms with Crippen molar-refractivity contribution < 1.29 is 9.59 Å². The number of halogens is 1. The van der Waals surface area contributed by atoms with E-state index in [1.807, 2.05) is 6.07 Å². The molecule has 0 aliphatic heterocycles. The van der Waals surface area contributed by atoms with Gasteiger partial charge in [-0.15, -0.1) is 0 Å². The number of amides is 2. The minimum absolute atomic E-state index is 0.251. The molecule has 0 aromatic carbocycles. The van der Waals surface area contributed by atoms with Crippen molar-refractivity contribution in [1.29, 1.82) is 0 Å². The van der Waals surface area contributed by atoms with Crippen LogP contribution in [0.1, 0.15) is 46.2 Å². The molecule has 0 bridgehead atoms. The number of hydrazine groups is 1. The van der Waals surface area contributed by atoms with E-state index >= 15 is 0 Å². The van der Waals surface area contributed by atoms with Gasteiger partial charge in [-0.25, -0.2) is 4.98 Å². The molecule has 0 saturated heterocycles. The summed E-state index contributed by atoms with van der Waals surface area (Å²) in [6.45, 7) is 2.12. The van der Waals surface area contributed by atoms with Crippen molar-refractivity contribution in [3.63, 3.8) is 0 Å². The van der Waals surface area contributed by atoms with Gasteiger partial charge < -0.3 is 0 Å². The zero-order valence-electron chi connectivity index (χ0n) is 12.7. The minimum Gasteiger partial charge on any atom is -0.267 e. The van der Waals surface area contributed by atoms with Crippen LogP contribution in [-0.4, -0.2) is 21.8 Å². The molecule has 0 spiro atoms. The van der Waals surface area contributed by atoms with E-state index in [0.717, 1.165) is 24.8 Å². The molecule has 0 aliphatic carbocycles. The first-order valence-corrected chi connectivity index (χ1v) is 8.06. The quantitative estimate of drug-likeness (QED) is 0.620. The molecule has 0 atom stereocenters. The first-order chi connectivity index (χ1) is 11.1. The van der Waals surface area contributed by atoms with Crippen LogP contribution >= 0.6 is 15.9 Å². The molecule has 0 saturated carbocycles. The van der Waals surface area contributed by atoms with Gasteiger partial charge in [0, 0.05) is 18.0 Å². The molecular weight excluding hydrogens is 360 g/mol. The summed E-state index contributed by atoms with van der Waals surface area (Å²) >= 11 is 3.18. The molecule has 0 aliphatic rings. The molecule has 0 fully saturated rings. The molecule has 0 unspecified atom stereocenters. The van der Waals surface area contributed by atoms with E-state index in [4.69, 9.17) is 0 Å². The van der Waals surface area contributed by atoms with Crippen LogP contribution in [-0.2, 0) is 6.42 Å². The monoisotopic (exact) mass is 376 g/mol. The summed E-state index contributed by atoms with van der Waals surface area (Å²) in [5.74, 6) is -0.894. The number of rotatable bonds is 5. The Morgan fingerprint density at radius 2 is 1.91 bits per heavy atom. The molecule has 2 amide bonds. The van der Waals surface area contributed by atoms with E-state index in [9.17, 15) is 9.59 Å². The molecule has 120 valence electrons. The lowest BCUT2D eigenvalue weighted by Gasteiger charge is -2.07. The Kier molecular flexibility index (Phi) is 6.22. The van der Waals surface area contributed by atoms with Crippen molar-refractivity contribution in [3.8, 4) is 0 Å². The highest BCUT2D eigenvalue weighted by molar-refractivity contribution is 9.10. The van der Waals surface area contributed by atoms with Crippen LogP contribution in [0.4, 0.5) is 0 Å². The fourth-order valence-electron chi connectivity index (χ4n) is 1.88. The summed E-state index contributed by atoms with van der Waals surface area (Å²) in [4.78, 5) is 31.9. The minimum atomic E-state index is -0.464. The second-order valence-electron chi connectivity index (χ2n) is 4.93. The van der Waals surface area contributed by atoms with Crippen molar-refractivity contribution >= 4 is 27.7 Å². The predicted octanol–water partition coefficient (Wildman–Crippen LogP) is 2.66. The standard InChI is InChI=1S/C16H17BrN4O2/c1-2-3-4-11-5-6-13(19-10-11)16(23)21-20-15(22)12-7-8-18-14(17)9-12/h5-10H,2-4H2,1H3,(H,20,22)(H,21,23). The lowest BCUT2D eigenvalue weighted by molar-refractivity contribution is 0.0844. The number of nitrogens with one attached hydrogen (secondary N) is 2. The summed E-state index contributed by atoms with van der Waals surface area (Å²) in [7, 11) is 0. The van der Waals surface area contributed by atoms with Gasteiger partial charge in [0.2, 0.25) is 0 Å². The number of aryl methyl sites for hydroxylation is 1. The van der Waals surface area contributed by atoms with Crippen molar-refractivity contribution in [2.45, 2.75) is 26.2 Å². The first kappa shape index (κ1) is 17.1. The Morgan fingerprint density at radius 1 is 1.13 bits per heavy atom. The van der Waals surface area contributed by atoms with E-state index < -0.39 is 11.8 Å². The molecule has 2 aromatic rings. The van der Waals surface area contributed by atoms with E-state index in [2.05, 4.69) is 43.7 Å². The van der Waals surface area contributed by atoms with Crippen LogP contribution < -0.4 is 10.9 Å².